The molecule has 0 radical (unpaired) electrons. The van der Waals surface area contributed by atoms with Crippen LogP contribution in [0.25, 0.3) is 0 Å². The number of anilines is 2. The minimum Gasteiger partial charge on any atom is -0.508 e. The van der Waals surface area contributed by atoms with Crippen LogP contribution in [0.15, 0.2) is 84.1 Å². The van der Waals surface area contributed by atoms with E-state index < -0.39 is 0 Å². The van der Waals surface area contributed by atoms with Crippen molar-refractivity contribution >= 4 is 22.9 Å². The van der Waals surface area contributed by atoms with Crippen LogP contribution in [0, 0.1) is 5.41 Å². The van der Waals surface area contributed by atoms with E-state index in [-0.39, 0.29) is 28.8 Å². The van der Waals surface area contributed by atoms with Crippen molar-refractivity contribution in [3.8, 4) is 5.75 Å². The normalized spacial score (nSPS) is 19.0. The Morgan fingerprint density at radius 2 is 1.64 bits per heavy atom. The van der Waals surface area contributed by atoms with E-state index in [0.29, 0.717) is 23.1 Å². The molecule has 1 aliphatic heterocycles. The highest BCUT2D eigenvalue weighted by atomic mass is 16.3. The van der Waals surface area contributed by atoms with Crippen molar-refractivity contribution in [2.75, 3.05) is 10.6 Å². The maximum atomic E-state index is 13.3. The molecule has 33 heavy (non-hydrogen) atoms. The molecule has 1 heterocycles. The lowest BCUT2D eigenvalue weighted by Gasteiger charge is -2.34. The van der Waals surface area contributed by atoms with Crippen molar-refractivity contribution < 1.29 is 14.7 Å². The number of nitrogens with one attached hydrogen (secondary N) is 2. The van der Waals surface area contributed by atoms with Crippen molar-refractivity contribution in [1.82, 2.24) is 0 Å². The number of Topliss-reactive ketones (excluding diaryl/α,β-unsaturated/α-hetero) is 1. The topological polar surface area (TPSA) is 78.4 Å². The summed E-state index contributed by atoms with van der Waals surface area (Å²) in [6, 6.07) is 21.4. The number of phenols is 1. The third kappa shape index (κ3) is 4.02. The fourth-order valence-corrected chi connectivity index (χ4v) is 4.76. The molecule has 0 bridgehead atoms. The second-order valence-corrected chi connectivity index (χ2v) is 9.58. The number of hydrogen-bond acceptors (Lipinski definition) is 5. The summed E-state index contributed by atoms with van der Waals surface area (Å²) >= 11 is 0. The molecular weight excluding hydrogens is 412 g/mol. The van der Waals surface area contributed by atoms with Gasteiger partial charge >= 0.3 is 0 Å². The molecule has 2 aliphatic rings. The van der Waals surface area contributed by atoms with E-state index in [1.54, 1.807) is 12.1 Å². The Labute approximate surface area is 193 Å². The molecule has 1 aliphatic carbocycles. The van der Waals surface area contributed by atoms with E-state index in [4.69, 9.17) is 0 Å². The standard InChI is InChI=1S/C28H26N2O3/c1-28(2)15-23-25(24(32)16-28)26(17-8-11-20(31)12-9-17)30-21-13-10-19(14-22(21)29-23)27(33)18-6-4-3-5-7-18/h3-14,26,29-31H,15-16H2,1-2H3/t26-/m0/s1. The van der Waals surface area contributed by atoms with Gasteiger partial charge in [0.25, 0.3) is 0 Å². The Bertz CT molecular complexity index is 1270. The van der Waals surface area contributed by atoms with Gasteiger partial charge in [0.05, 0.1) is 17.4 Å². The third-order valence-corrected chi connectivity index (χ3v) is 6.34. The number of rotatable bonds is 3. The number of fused-ring (bicyclic) bond motifs is 1. The Kier molecular flexibility index (Phi) is 5.05. The molecule has 166 valence electrons. The van der Waals surface area contributed by atoms with Gasteiger partial charge in [-0.3, -0.25) is 9.59 Å². The van der Waals surface area contributed by atoms with E-state index in [9.17, 15) is 14.7 Å². The molecule has 5 heteroatoms. The zero-order valence-electron chi connectivity index (χ0n) is 18.7. The number of hydrogen-bond donors (Lipinski definition) is 3. The number of carbonyl (C=O) groups excluding carboxylic acids is 2. The average Bonchev–Trinajstić information content (AvgIpc) is 2.95. The highest BCUT2D eigenvalue weighted by Crippen LogP contribution is 2.45. The quantitative estimate of drug-likeness (QED) is 0.448. The van der Waals surface area contributed by atoms with Crippen LogP contribution < -0.4 is 10.6 Å². The van der Waals surface area contributed by atoms with Gasteiger partial charge in [0, 0.05) is 28.8 Å². The summed E-state index contributed by atoms with van der Waals surface area (Å²) in [6.45, 7) is 4.20. The van der Waals surface area contributed by atoms with Gasteiger partial charge in [-0.05, 0) is 47.7 Å². The smallest absolute Gasteiger partial charge is 0.193 e. The number of aromatic hydroxyl groups is 1. The lowest BCUT2D eigenvalue weighted by molar-refractivity contribution is -0.118. The lowest BCUT2D eigenvalue weighted by atomic mass is 9.73. The van der Waals surface area contributed by atoms with Crippen molar-refractivity contribution in [2.24, 2.45) is 5.41 Å². The van der Waals surface area contributed by atoms with Gasteiger partial charge in [-0.25, -0.2) is 0 Å². The number of carbonyl (C=O) groups is 2. The Morgan fingerprint density at radius 1 is 0.909 bits per heavy atom. The summed E-state index contributed by atoms with van der Waals surface area (Å²) in [4.78, 5) is 26.4. The van der Waals surface area contributed by atoms with Crippen molar-refractivity contribution in [2.45, 2.75) is 32.7 Å². The van der Waals surface area contributed by atoms with Gasteiger partial charge in [-0.15, -0.1) is 0 Å². The Hall–Kier alpha value is -3.86. The summed E-state index contributed by atoms with van der Waals surface area (Å²) < 4.78 is 0. The minimum absolute atomic E-state index is 0.0474. The molecule has 1 atom stereocenters. The van der Waals surface area contributed by atoms with Crippen LogP contribution in [0.2, 0.25) is 0 Å². The van der Waals surface area contributed by atoms with Crippen LogP contribution in [-0.2, 0) is 4.79 Å². The van der Waals surface area contributed by atoms with Crippen LogP contribution >= 0.6 is 0 Å². The molecule has 3 aromatic rings. The number of benzene rings is 3. The maximum Gasteiger partial charge on any atom is 0.193 e. The van der Waals surface area contributed by atoms with Gasteiger partial charge in [-0.1, -0.05) is 56.3 Å². The van der Waals surface area contributed by atoms with Gasteiger partial charge in [0.1, 0.15) is 5.75 Å². The molecule has 0 amide bonds. The highest BCUT2D eigenvalue weighted by Gasteiger charge is 2.38. The maximum absolute atomic E-state index is 13.3. The van der Waals surface area contributed by atoms with E-state index in [0.717, 1.165) is 29.1 Å². The van der Waals surface area contributed by atoms with Gasteiger partial charge < -0.3 is 15.7 Å². The summed E-state index contributed by atoms with van der Waals surface area (Å²) in [5.41, 5.74) is 5.14. The molecule has 5 rings (SSSR count). The summed E-state index contributed by atoms with van der Waals surface area (Å²) in [5, 5.41) is 16.8. The van der Waals surface area contributed by atoms with Crippen molar-refractivity contribution in [3.05, 3.63) is 101 Å². The first-order chi connectivity index (χ1) is 15.8. The second-order valence-electron chi connectivity index (χ2n) is 9.58. The van der Waals surface area contributed by atoms with Crippen LogP contribution in [0.1, 0.15) is 54.2 Å². The first-order valence-corrected chi connectivity index (χ1v) is 11.1. The molecule has 5 nitrogen and oxygen atoms in total. The molecule has 0 fully saturated rings. The van der Waals surface area contributed by atoms with Crippen LogP contribution in [0.3, 0.4) is 0 Å². The highest BCUT2D eigenvalue weighted by molar-refractivity contribution is 6.10. The largest absolute Gasteiger partial charge is 0.508 e. The Morgan fingerprint density at radius 3 is 2.36 bits per heavy atom. The predicted octanol–water partition coefficient (Wildman–Crippen LogP) is 5.85. The monoisotopic (exact) mass is 438 g/mol. The molecular formula is C28H26N2O3. The minimum atomic E-state index is -0.353. The van der Waals surface area contributed by atoms with E-state index in [2.05, 4.69) is 24.5 Å². The third-order valence-electron chi connectivity index (χ3n) is 6.34. The number of ketones is 2. The Balaban J connectivity index is 1.60. The average molecular weight is 439 g/mol. The molecule has 0 aromatic heterocycles. The molecule has 0 spiro atoms. The first-order valence-electron chi connectivity index (χ1n) is 11.1. The molecule has 0 unspecified atom stereocenters. The summed E-state index contributed by atoms with van der Waals surface area (Å²) in [5.74, 6) is 0.238. The summed E-state index contributed by atoms with van der Waals surface area (Å²) in [6.07, 6.45) is 1.19. The zero-order chi connectivity index (χ0) is 23.2. The molecule has 3 N–H and O–H groups in total. The van der Waals surface area contributed by atoms with Gasteiger partial charge in [-0.2, -0.15) is 0 Å². The lowest BCUT2D eigenvalue weighted by Crippen LogP contribution is -2.31. The first kappa shape index (κ1) is 21.0. The van der Waals surface area contributed by atoms with Crippen LogP contribution in [0.4, 0.5) is 11.4 Å². The van der Waals surface area contributed by atoms with Crippen LogP contribution in [0.5, 0.6) is 5.75 Å². The molecule has 0 saturated heterocycles. The van der Waals surface area contributed by atoms with Crippen molar-refractivity contribution in [1.29, 1.82) is 0 Å². The molecule has 3 aromatic carbocycles. The SMILES string of the molecule is CC1(C)CC(=O)C2=C(C1)Nc1cc(C(=O)c3ccccc3)ccc1N[C@H]2c1ccc(O)cc1. The van der Waals surface area contributed by atoms with Gasteiger partial charge in [0.2, 0.25) is 0 Å². The van der Waals surface area contributed by atoms with E-state index in [1.807, 2.05) is 60.7 Å². The fraction of sp³-hybridized carbons (Fsp3) is 0.214. The fourth-order valence-electron chi connectivity index (χ4n) is 4.76. The van der Waals surface area contributed by atoms with E-state index in [1.165, 1.54) is 0 Å². The zero-order valence-corrected chi connectivity index (χ0v) is 18.7. The predicted molar refractivity (Wildman–Crippen MR) is 129 cm³/mol. The van der Waals surface area contributed by atoms with E-state index >= 15 is 0 Å². The van der Waals surface area contributed by atoms with Crippen LogP contribution in [-0.4, -0.2) is 16.7 Å². The number of phenolic OH excluding ortho intramolecular Hbond substituents is 1. The van der Waals surface area contributed by atoms with Gasteiger partial charge in [0.15, 0.2) is 11.6 Å². The number of allylic oxidation sites excluding steroid dienone is 1. The van der Waals surface area contributed by atoms with Crippen molar-refractivity contribution in [3.63, 3.8) is 0 Å². The summed E-state index contributed by atoms with van der Waals surface area (Å²) in [7, 11) is 0. The molecule has 0 saturated carbocycles. The second kappa shape index (κ2) is 7.93.